The van der Waals surface area contributed by atoms with Crippen molar-refractivity contribution in [1.82, 2.24) is 0 Å². The molecule has 0 radical (unpaired) electrons. The molecule has 0 saturated carbocycles. The molecule has 2 aliphatic rings. The lowest BCUT2D eigenvalue weighted by molar-refractivity contribution is 0.754. The lowest BCUT2D eigenvalue weighted by Crippen LogP contribution is -2.35. The van der Waals surface area contributed by atoms with Crippen molar-refractivity contribution >= 4 is 65.6 Å². The van der Waals surface area contributed by atoms with Crippen molar-refractivity contribution in [2.24, 2.45) is 0 Å². The molecule has 2 nitrogen and oxygen atoms in total. The minimum absolute atomic E-state index is 0.494. The highest BCUT2D eigenvalue weighted by Gasteiger charge is 2.52. The van der Waals surface area contributed by atoms with Crippen LogP contribution in [0.15, 0.2) is 218 Å². The molecule has 10 aromatic rings. The Labute approximate surface area is 342 Å². The van der Waals surface area contributed by atoms with E-state index in [1.165, 1.54) is 81.7 Å². The maximum absolute atomic E-state index is 2.48. The van der Waals surface area contributed by atoms with Crippen LogP contribution in [0.5, 0.6) is 0 Å². The third-order valence-electron chi connectivity index (χ3n) is 12.2. The van der Waals surface area contributed by atoms with Crippen molar-refractivity contribution in [2.45, 2.75) is 5.41 Å². The maximum atomic E-state index is 2.48. The number of fused-ring (bicyclic) bond motifs is 8. The topological polar surface area (TPSA) is 6.48 Å². The minimum atomic E-state index is -0.494. The molecule has 12 rings (SSSR count). The van der Waals surface area contributed by atoms with Gasteiger partial charge in [-0.2, -0.15) is 0 Å². The number of thiophene rings is 1. The lowest BCUT2D eigenvalue weighted by atomic mass is 9.64. The van der Waals surface area contributed by atoms with Gasteiger partial charge in [0.2, 0.25) is 0 Å². The molecule has 1 aliphatic carbocycles. The van der Waals surface area contributed by atoms with Crippen LogP contribution >= 0.6 is 11.3 Å². The highest BCUT2D eigenvalue weighted by atomic mass is 32.1. The smallest absolute Gasteiger partial charge is 0.0754 e. The Morgan fingerprint density at radius 1 is 0.431 bits per heavy atom. The van der Waals surface area contributed by atoms with E-state index in [1.807, 2.05) is 11.3 Å². The van der Waals surface area contributed by atoms with Gasteiger partial charge >= 0.3 is 0 Å². The summed E-state index contributed by atoms with van der Waals surface area (Å²) in [5, 5.41) is 2.58. The second-order valence-electron chi connectivity index (χ2n) is 15.2. The van der Waals surface area contributed by atoms with Crippen molar-refractivity contribution in [3.05, 3.63) is 241 Å². The standard InChI is InChI=1S/C55H36N2S/c1-4-16-39(17-5-1)55-46-24-11-12-25-48(46)57(41-20-8-3-9-21-41)50-27-14-23-44(54(50)55)43-35-32-38(36-47(43)55)37-30-33-42(34-31-37)56(40-18-6-2-7-19-40)49-26-15-29-52-53(49)45-22-10-13-28-51(45)58-52/h1-36H. The summed E-state index contributed by atoms with van der Waals surface area (Å²) >= 11 is 1.86. The fourth-order valence-electron chi connectivity index (χ4n) is 9.89. The van der Waals surface area contributed by atoms with Gasteiger partial charge in [0.05, 0.1) is 22.5 Å². The molecule has 1 aromatic heterocycles. The number of rotatable bonds is 6. The molecular formula is C55H36N2S. The van der Waals surface area contributed by atoms with Crippen LogP contribution in [0.3, 0.4) is 0 Å². The first-order valence-corrected chi connectivity index (χ1v) is 20.8. The molecule has 0 saturated heterocycles. The van der Waals surface area contributed by atoms with E-state index >= 15 is 0 Å². The number of benzene rings is 9. The zero-order valence-corrected chi connectivity index (χ0v) is 32.4. The zero-order chi connectivity index (χ0) is 38.2. The van der Waals surface area contributed by atoms with Gasteiger partial charge < -0.3 is 9.80 Å². The summed E-state index contributed by atoms with van der Waals surface area (Å²) in [6.07, 6.45) is 0. The molecule has 58 heavy (non-hydrogen) atoms. The van der Waals surface area contributed by atoms with E-state index in [1.54, 1.807) is 0 Å². The van der Waals surface area contributed by atoms with E-state index in [0.29, 0.717) is 0 Å². The van der Waals surface area contributed by atoms with Gasteiger partial charge in [-0.25, -0.2) is 0 Å². The molecule has 1 unspecified atom stereocenters. The first-order valence-electron chi connectivity index (χ1n) is 19.9. The van der Waals surface area contributed by atoms with Crippen molar-refractivity contribution in [3.8, 4) is 22.3 Å². The number of para-hydroxylation sites is 3. The summed E-state index contributed by atoms with van der Waals surface area (Å²) in [5.41, 5.74) is 16.8. The van der Waals surface area contributed by atoms with Crippen LogP contribution in [0.2, 0.25) is 0 Å². The number of hydrogen-bond donors (Lipinski definition) is 0. The van der Waals surface area contributed by atoms with Crippen molar-refractivity contribution < 1.29 is 0 Å². The molecule has 0 amide bonds. The van der Waals surface area contributed by atoms with Crippen molar-refractivity contribution in [2.75, 3.05) is 9.80 Å². The quantitative estimate of drug-likeness (QED) is 0.167. The third kappa shape index (κ3) is 4.71. The summed E-state index contributed by atoms with van der Waals surface area (Å²) in [5.74, 6) is 0. The van der Waals surface area contributed by atoms with Gasteiger partial charge in [0.25, 0.3) is 0 Å². The average molecular weight is 757 g/mol. The number of nitrogens with zero attached hydrogens (tertiary/aromatic N) is 2. The Morgan fingerprint density at radius 3 is 1.90 bits per heavy atom. The molecule has 0 N–H and O–H groups in total. The Morgan fingerprint density at radius 2 is 1.07 bits per heavy atom. The largest absolute Gasteiger partial charge is 0.310 e. The zero-order valence-electron chi connectivity index (χ0n) is 31.6. The minimum Gasteiger partial charge on any atom is -0.310 e. The maximum Gasteiger partial charge on any atom is 0.0754 e. The van der Waals surface area contributed by atoms with Crippen LogP contribution in [0.25, 0.3) is 42.4 Å². The summed E-state index contributed by atoms with van der Waals surface area (Å²) in [6.45, 7) is 0. The second kappa shape index (κ2) is 12.9. The van der Waals surface area contributed by atoms with Crippen LogP contribution in [-0.4, -0.2) is 0 Å². The van der Waals surface area contributed by atoms with Gasteiger partial charge in [-0.15, -0.1) is 11.3 Å². The molecular weight excluding hydrogens is 721 g/mol. The molecule has 2 heterocycles. The van der Waals surface area contributed by atoms with Gasteiger partial charge in [-0.1, -0.05) is 146 Å². The predicted octanol–water partition coefficient (Wildman–Crippen LogP) is 15.3. The molecule has 272 valence electrons. The Hall–Kier alpha value is -7.20. The molecule has 3 heteroatoms. The van der Waals surface area contributed by atoms with E-state index < -0.39 is 5.41 Å². The van der Waals surface area contributed by atoms with Crippen LogP contribution in [0, 0.1) is 0 Å². The van der Waals surface area contributed by atoms with Crippen LogP contribution in [0.1, 0.15) is 22.3 Å². The Kier molecular flexibility index (Phi) is 7.35. The summed E-state index contributed by atoms with van der Waals surface area (Å²) in [4.78, 5) is 4.87. The van der Waals surface area contributed by atoms with Gasteiger partial charge in [-0.05, 0) is 112 Å². The van der Waals surface area contributed by atoms with E-state index in [9.17, 15) is 0 Å². The van der Waals surface area contributed by atoms with Crippen molar-refractivity contribution in [3.63, 3.8) is 0 Å². The third-order valence-corrected chi connectivity index (χ3v) is 13.4. The lowest BCUT2D eigenvalue weighted by Gasteiger charge is -2.44. The fraction of sp³-hybridized carbons (Fsp3) is 0.0182. The molecule has 0 spiro atoms. The van der Waals surface area contributed by atoms with Crippen LogP contribution < -0.4 is 9.80 Å². The molecule has 0 fully saturated rings. The monoisotopic (exact) mass is 756 g/mol. The van der Waals surface area contributed by atoms with Crippen molar-refractivity contribution in [1.29, 1.82) is 0 Å². The Bertz CT molecular complexity index is 3170. The normalized spacial score (nSPS) is 14.9. The highest BCUT2D eigenvalue weighted by Crippen LogP contribution is 2.65. The fourth-order valence-corrected chi connectivity index (χ4v) is 11.0. The molecule has 0 bridgehead atoms. The van der Waals surface area contributed by atoms with E-state index in [4.69, 9.17) is 0 Å². The highest BCUT2D eigenvalue weighted by molar-refractivity contribution is 7.26. The number of anilines is 6. The van der Waals surface area contributed by atoms with Crippen LogP contribution in [0.4, 0.5) is 34.1 Å². The van der Waals surface area contributed by atoms with Crippen LogP contribution in [-0.2, 0) is 5.41 Å². The first kappa shape index (κ1) is 33.0. The van der Waals surface area contributed by atoms with E-state index in [2.05, 4.69) is 228 Å². The van der Waals surface area contributed by atoms with Gasteiger partial charge in [-0.3, -0.25) is 0 Å². The predicted molar refractivity (Wildman–Crippen MR) is 245 cm³/mol. The first-order chi connectivity index (χ1) is 28.8. The Balaban J connectivity index is 1.04. The summed E-state index contributed by atoms with van der Waals surface area (Å²) in [6, 6.07) is 80.4. The SMILES string of the molecule is c1ccc(N2c3ccccc3C3(c4ccccc4)c4cc(-c5ccc(N(c6ccccc6)c6cccc7sc8ccccc8c67)cc5)ccc4-c4cccc2c43)cc1. The molecule has 1 atom stereocenters. The van der Waals surface area contributed by atoms with Gasteiger partial charge in [0.1, 0.15) is 0 Å². The van der Waals surface area contributed by atoms with Gasteiger partial charge in [0.15, 0.2) is 0 Å². The summed E-state index contributed by atoms with van der Waals surface area (Å²) < 4.78 is 2.60. The van der Waals surface area contributed by atoms with Gasteiger partial charge in [0, 0.05) is 42.8 Å². The summed E-state index contributed by atoms with van der Waals surface area (Å²) in [7, 11) is 0. The second-order valence-corrected chi connectivity index (χ2v) is 16.3. The number of hydrogen-bond acceptors (Lipinski definition) is 3. The van der Waals surface area contributed by atoms with E-state index in [-0.39, 0.29) is 0 Å². The molecule has 9 aromatic carbocycles. The van der Waals surface area contributed by atoms with E-state index in [0.717, 1.165) is 17.1 Å². The average Bonchev–Trinajstić information content (AvgIpc) is 3.83. The molecule has 1 aliphatic heterocycles.